The van der Waals surface area contributed by atoms with E-state index in [2.05, 4.69) is 4.99 Å². The van der Waals surface area contributed by atoms with Crippen molar-refractivity contribution >= 4 is 28.9 Å². The fourth-order valence-corrected chi connectivity index (χ4v) is 2.76. The van der Waals surface area contributed by atoms with Crippen LogP contribution in [0.3, 0.4) is 0 Å². The summed E-state index contributed by atoms with van der Waals surface area (Å²) in [4.78, 5) is 18.7. The summed E-state index contributed by atoms with van der Waals surface area (Å²) >= 11 is 1.68. The lowest BCUT2D eigenvalue weighted by atomic mass is 10.0. The molecule has 0 fully saturated rings. The quantitative estimate of drug-likeness (QED) is 0.355. The van der Waals surface area contributed by atoms with E-state index in [9.17, 15) is 4.79 Å². The van der Waals surface area contributed by atoms with Gasteiger partial charge >= 0.3 is 0 Å². The smallest absolute Gasteiger partial charge is 0.211 e. The minimum Gasteiger partial charge on any atom is -0.287 e. The van der Waals surface area contributed by atoms with Gasteiger partial charge in [0.05, 0.1) is 5.69 Å². The van der Waals surface area contributed by atoms with Crippen molar-refractivity contribution in [3.8, 4) is 0 Å². The van der Waals surface area contributed by atoms with Crippen molar-refractivity contribution in [2.24, 2.45) is 4.99 Å². The number of carbonyl (C=O) groups is 1. The molecule has 24 heavy (non-hydrogen) atoms. The highest BCUT2D eigenvalue weighted by Crippen LogP contribution is 2.21. The zero-order valence-corrected chi connectivity index (χ0v) is 14.2. The zero-order chi connectivity index (χ0) is 16.8. The van der Waals surface area contributed by atoms with Crippen LogP contribution in [0.25, 0.3) is 0 Å². The van der Waals surface area contributed by atoms with Crippen molar-refractivity contribution < 1.29 is 4.79 Å². The van der Waals surface area contributed by atoms with Crippen LogP contribution in [0.2, 0.25) is 0 Å². The average molecular weight is 331 g/mol. The lowest BCUT2D eigenvalue weighted by molar-refractivity contribution is 0.106. The van der Waals surface area contributed by atoms with Gasteiger partial charge in [0.15, 0.2) is 0 Å². The summed E-state index contributed by atoms with van der Waals surface area (Å²) in [6.07, 6.45) is 2.03. The molecule has 0 heterocycles. The molecule has 2 nitrogen and oxygen atoms in total. The van der Waals surface area contributed by atoms with Gasteiger partial charge in [-0.05, 0) is 30.5 Å². The minimum atomic E-state index is -0.0734. The lowest BCUT2D eigenvalue weighted by Crippen LogP contribution is -2.15. The van der Waals surface area contributed by atoms with E-state index >= 15 is 0 Å². The molecule has 0 N–H and O–H groups in total. The molecule has 3 aromatic rings. The summed E-state index contributed by atoms with van der Waals surface area (Å²) in [5.41, 5.74) is 2.69. The third-order valence-electron chi connectivity index (χ3n) is 3.61. The maximum atomic E-state index is 12.9. The first-order chi connectivity index (χ1) is 11.8. The van der Waals surface area contributed by atoms with E-state index in [4.69, 9.17) is 0 Å². The summed E-state index contributed by atoms with van der Waals surface area (Å²) in [7, 11) is 0. The van der Waals surface area contributed by atoms with Crippen LogP contribution in [0.15, 0.2) is 94.8 Å². The van der Waals surface area contributed by atoms with Crippen LogP contribution >= 0.6 is 11.8 Å². The Kier molecular flexibility index (Phi) is 5.24. The van der Waals surface area contributed by atoms with Crippen molar-refractivity contribution in [3.05, 3.63) is 96.1 Å². The number of thioether (sulfide) groups is 1. The van der Waals surface area contributed by atoms with Crippen LogP contribution in [0.1, 0.15) is 15.9 Å². The standard InChI is InChI=1S/C21H17NOS/c1-24-19-14-12-18(13-15-19)22-20(16-8-4-2-5-9-16)21(23)17-10-6-3-7-11-17/h2-15H,1H3. The molecular weight excluding hydrogens is 314 g/mol. The van der Waals surface area contributed by atoms with Crippen LogP contribution in [0.5, 0.6) is 0 Å². The van der Waals surface area contributed by atoms with Gasteiger partial charge in [0, 0.05) is 16.0 Å². The van der Waals surface area contributed by atoms with Crippen molar-refractivity contribution in [2.45, 2.75) is 4.90 Å². The Balaban J connectivity index is 2.05. The molecule has 0 aliphatic heterocycles. The summed E-state index contributed by atoms with van der Waals surface area (Å²) in [5.74, 6) is -0.0734. The maximum absolute atomic E-state index is 12.9. The molecule has 3 aromatic carbocycles. The Labute approximate surface area is 146 Å². The van der Waals surface area contributed by atoms with E-state index in [-0.39, 0.29) is 5.78 Å². The molecule has 0 amide bonds. The van der Waals surface area contributed by atoms with Gasteiger partial charge in [0.2, 0.25) is 5.78 Å². The monoisotopic (exact) mass is 331 g/mol. The van der Waals surface area contributed by atoms with Crippen molar-refractivity contribution in [1.82, 2.24) is 0 Å². The molecule has 0 saturated heterocycles. The SMILES string of the molecule is CSc1ccc(N=C(C(=O)c2ccccc2)c2ccccc2)cc1. The molecule has 118 valence electrons. The molecule has 0 spiro atoms. The molecular formula is C21H17NOS. The van der Waals surface area contributed by atoms with Crippen LogP contribution in [-0.4, -0.2) is 17.8 Å². The number of benzene rings is 3. The Bertz CT molecular complexity index is 840. The highest BCUT2D eigenvalue weighted by atomic mass is 32.2. The number of rotatable bonds is 5. The number of ketones is 1. The first-order valence-corrected chi connectivity index (χ1v) is 8.88. The fourth-order valence-electron chi connectivity index (χ4n) is 2.35. The van der Waals surface area contributed by atoms with E-state index in [1.54, 1.807) is 11.8 Å². The van der Waals surface area contributed by atoms with E-state index in [1.165, 1.54) is 4.90 Å². The topological polar surface area (TPSA) is 29.4 Å². The third kappa shape index (κ3) is 3.81. The highest BCUT2D eigenvalue weighted by Gasteiger charge is 2.16. The fraction of sp³-hybridized carbons (Fsp3) is 0.0476. The normalized spacial score (nSPS) is 11.3. The van der Waals surface area contributed by atoms with E-state index in [0.29, 0.717) is 11.3 Å². The molecule has 0 aromatic heterocycles. The second kappa shape index (κ2) is 7.75. The summed E-state index contributed by atoms with van der Waals surface area (Å²) in [5, 5.41) is 0. The molecule has 0 atom stereocenters. The van der Waals surface area contributed by atoms with E-state index < -0.39 is 0 Å². The van der Waals surface area contributed by atoms with Crippen LogP contribution < -0.4 is 0 Å². The molecule has 3 heteroatoms. The van der Waals surface area contributed by atoms with Gasteiger partial charge in [-0.25, -0.2) is 4.99 Å². The Hall–Kier alpha value is -2.65. The molecule has 0 aliphatic carbocycles. The van der Waals surface area contributed by atoms with E-state index in [0.717, 1.165) is 11.3 Å². The molecule has 0 saturated carbocycles. The van der Waals surface area contributed by atoms with Gasteiger partial charge < -0.3 is 0 Å². The van der Waals surface area contributed by atoms with Crippen LogP contribution in [0.4, 0.5) is 5.69 Å². The first-order valence-electron chi connectivity index (χ1n) is 7.66. The molecule has 3 rings (SSSR count). The maximum Gasteiger partial charge on any atom is 0.211 e. The summed E-state index contributed by atoms with van der Waals surface area (Å²) in [6, 6.07) is 26.8. The summed E-state index contributed by atoms with van der Waals surface area (Å²) in [6.45, 7) is 0. The molecule has 0 unspecified atom stereocenters. The number of hydrogen-bond acceptors (Lipinski definition) is 3. The third-order valence-corrected chi connectivity index (χ3v) is 4.36. The Morgan fingerprint density at radius 2 is 1.29 bits per heavy atom. The van der Waals surface area contributed by atoms with Crippen LogP contribution in [0, 0.1) is 0 Å². The van der Waals surface area contributed by atoms with Gasteiger partial charge in [0.1, 0.15) is 5.71 Å². The zero-order valence-electron chi connectivity index (χ0n) is 13.3. The van der Waals surface area contributed by atoms with Crippen molar-refractivity contribution in [3.63, 3.8) is 0 Å². The number of aliphatic imine (C=N–C) groups is 1. The highest BCUT2D eigenvalue weighted by molar-refractivity contribution is 7.98. The Morgan fingerprint density at radius 1 is 0.750 bits per heavy atom. The molecule has 0 aliphatic rings. The predicted octanol–water partition coefficient (Wildman–Crippen LogP) is 5.41. The first kappa shape index (κ1) is 16.2. The van der Waals surface area contributed by atoms with Crippen molar-refractivity contribution in [1.29, 1.82) is 0 Å². The summed E-state index contributed by atoms with van der Waals surface area (Å²) < 4.78 is 0. The minimum absolute atomic E-state index is 0.0734. The number of nitrogens with zero attached hydrogens (tertiary/aromatic N) is 1. The lowest BCUT2D eigenvalue weighted by Gasteiger charge is -2.07. The van der Waals surface area contributed by atoms with Crippen LogP contribution in [-0.2, 0) is 0 Å². The largest absolute Gasteiger partial charge is 0.287 e. The molecule has 0 bridgehead atoms. The predicted molar refractivity (Wildman–Crippen MR) is 102 cm³/mol. The van der Waals surface area contributed by atoms with Gasteiger partial charge in [-0.15, -0.1) is 11.8 Å². The van der Waals surface area contributed by atoms with Gasteiger partial charge in [0.25, 0.3) is 0 Å². The van der Waals surface area contributed by atoms with Gasteiger partial charge in [-0.2, -0.15) is 0 Å². The van der Waals surface area contributed by atoms with Crippen molar-refractivity contribution in [2.75, 3.05) is 6.26 Å². The number of Topliss-reactive ketones (excluding diaryl/α,β-unsaturated/α-hetero) is 1. The van der Waals surface area contributed by atoms with Gasteiger partial charge in [-0.1, -0.05) is 60.7 Å². The second-order valence-corrected chi connectivity index (χ2v) is 6.10. The Morgan fingerprint density at radius 3 is 1.83 bits per heavy atom. The number of hydrogen-bond donors (Lipinski definition) is 0. The molecule has 0 radical (unpaired) electrons. The average Bonchev–Trinajstić information content (AvgIpc) is 2.67. The van der Waals surface area contributed by atoms with E-state index in [1.807, 2.05) is 91.2 Å². The van der Waals surface area contributed by atoms with Gasteiger partial charge in [-0.3, -0.25) is 4.79 Å². The number of carbonyl (C=O) groups excluding carboxylic acids is 1. The second-order valence-electron chi connectivity index (χ2n) is 5.22.